The number of anilines is 1. The zero-order valence-electron chi connectivity index (χ0n) is 26.1. The lowest BCUT2D eigenvalue weighted by atomic mass is 9.95. The number of benzene rings is 2. The van der Waals surface area contributed by atoms with E-state index in [1.54, 1.807) is 57.0 Å². The van der Waals surface area contributed by atoms with Crippen LogP contribution in [0.15, 0.2) is 48.5 Å². The Morgan fingerprint density at radius 1 is 0.927 bits per heavy atom. The molecule has 2 rings (SSSR count). The summed E-state index contributed by atoms with van der Waals surface area (Å²) in [6.45, 7) is 13.5. The molecule has 0 heterocycles. The lowest BCUT2D eigenvalue weighted by Gasteiger charge is -2.36. The summed E-state index contributed by atoms with van der Waals surface area (Å²) in [5.41, 5.74) is 1.51. The molecule has 0 saturated carbocycles. The minimum atomic E-state index is -0.904. The first-order valence-corrected chi connectivity index (χ1v) is 14.7. The number of amides is 3. The van der Waals surface area contributed by atoms with Crippen LogP contribution in [0.25, 0.3) is 0 Å². The number of carbonyl (C=O) groups is 3. The van der Waals surface area contributed by atoms with Gasteiger partial charge >= 0.3 is 6.09 Å². The molecule has 2 unspecified atom stereocenters. The van der Waals surface area contributed by atoms with Gasteiger partial charge in [-0.2, -0.15) is 0 Å². The van der Waals surface area contributed by atoms with E-state index in [2.05, 4.69) is 17.6 Å². The van der Waals surface area contributed by atoms with Crippen molar-refractivity contribution in [3.8, 4) is 5.75 Å². The summed E-state index contributed by atoms with van der Waals surface area (Å²) in [5.74, 6) is -0.208. The molecule has 3 amide bonds. The normalized spacial score (nSPS) is 12.8. The molecule has 8 nitrogen and oxygen atoms in total. The van der Waals surface area contributed by atoms with Gasteiger partial charge in [-0.1, -0.05) is 70.7 Å². The Hall–Kier alpha value is -3.55. The first-order valence-electron chi connectivity index (χ1n) is 14.7. The molecule has 8 heteroatoms. The molecule has 0 radical (unpaired) electrons. The standard InChI is InChI=1S/C33H49N3O5/c1-9-10-11-12-15-22-36(31(38)28(23(2)3)35-32(39)41-33(5,6)7)29(27-17-14-13-16-24(27)4)30(37)34-25-18-20-26(40-8)21-19-25/h13-14,16-21,23,28-29H,9-12,15,22H2,1-8H3,(H,34,37)(H,35,39). The van der Waals surface area contributed by atoms with Crippen molar-refractivity contribution in [2.75, 3.05) is 19.0 Å². The molecular formula is C33H49N3O5. The summed E-state index contributed by atoms with van der Waals surface area (Å²) in [5, 5.41) is 5.79. The molecule has 0 fully saturated rings. The Kier molecular flexibility index (Phi) is 13.2. The summed E-state index contributed by atoms with van der Waals surface area (Å²) < 4.78 is 10.7. The maximum atomic E-state index is 14.3. The quantitative estimate of drug-likeness (QED) is 0.239. The minimum Gasteiger partial charge on any atom is -0.497 e. The SMILES string of the molecule is CCCCCCCN(C(=O)C(NC(=O)OC(C)(C)C)C(C)C)C(C(=O)Nc1ccc(OC)cc1)c1ccccc1C. The molecule has 0 aliphatic heterocycles. The largest absolute Gasteiger partial charge is 0.497 e. The van der Waals surface area contributed by atoms with Gasteiger partial charge in [0.2, 0.25) is 5.91 Å². The highest BCUT2D eigenvalue weighted by Crippen LogP contribution is 2.29. The summed E-state index contributed by atoms with van der Waals surface area (Å²) in [7, 11) is 1.59. The average molecular weight is 568 g/mol. The molecule has 226 valence electrons. The number of rotatable bonds is 14. The molecule has 0 aliphatic carbocycles. The minimum absolute atomic E-state index is 0.236. The Morgan fingerprint density at radius 3 is 2.12 bits per heavy atom. The van der Waals surface area contributed by atoms with Crippen LogP contribution in [0.2, 0.25) is 0 Å². The Labute approximate surface area is 246 Å². The molecule has 0 spiro atoms. The average Bonchev–Trinajstić information content (AvgIpc) is 2.90. The Morgan fingerprint density at radius 2 is 1.56 bits per heavy atom. The Balaban J connectivity index is 2.51. The van der Waals surface area contributed by atoms with Crippen LogP contribution < -0.4 is 15.4 Å². The van der Waals surface area contributed by atoms with Gasteiger partial charge in [0.05, 0.1) is 7.11 Å². The van der Waals surface area contributed by atoms with Crippen LogP contribution in [0.3, 0.4) is 0 Å². The summed E-state index contributed by atoms with van der Waals surface area (Å²) >= 11 is 0. The highest BCUT2D eigenvalue weighted by molar-refractivity contribution is 5.99. The fraction of sp³-hybridized carbons (Fsp3) is 0.545. The van der Waals surface area contributed by atoms with E-state index < -0.39 is 23.8 Å². The second-order valence-electron chi connectivity index (χ2n) is 11.8. The highest BCUT2D eigenvalue weighted by atomic mass is 16.6. The van der Waals surface area contributed by atoms with Gasteiger partial charge in [-0.15, -0.1) is 0 Å². The summed E-state index contributed by atoms with van der Waals surface area (Å²) in [6.07, 6.45) is 4.28. The van der Waals surface area contributed by atoms with Gasteiger partial charge in [0.25, 0.3) is 5.91 Å². The maximum absolute atomic E-state index is 14.3. The maximum Gasteiger partial charge on any atom is 0.408 e. The van der Waals surface area contributed by atoms with Crippen molar-refractivity contribution >= 4 is 23.6 Å². The zero-order chi connectivity index (χ0) is 30.6. The number of hydrogen-bond donors (Lipinski definition) is 2. The molecule has 41 heavy (non-hydrogen) atoms. The van der Waals surface area contributed by atoms with Crippen LogP contribution in [0, 0.1) is 12.8 Å². The molecule has 0 saturated heterocycles. The second kappa shape index (κ2) is 16.0. The fourth-order valence-corrected chi connectivity index (χ4v) is 4.61. The lowest BCUT2D eigenvalue weighted by molar-refractivity contribution is -0.141. The van der Waals surface area contributed by atoms with Crippen molar-refractivity contribution in [1.29, 1.82) is 0 Å². The third-order valence-electron chi connectivity index (χ3n) is 6.79. The number of hydrogen-bond acceptors (Lipinski definition) is 5. The van der Waals surface area contributed by atoms with Crippen molar-refractivity contribution in [1.82, 2.24) is 10.2 Å². The first kappa shape index (κ1) is 33.7. The number of alkyl carbamates (subject to hydrolysis) is 1. The van der Waals surface area contributed by atoms with Gasteiger partial charge in [0.1, 0.15) is 23.4 Å². The van der Waals surface area contributed by atoms with Crippen molar-refractivity contribution in [2.45, 2.75) is 98.3 Å². The number of methoxy groups -OCH3 is 1. The van der Waals surface area contributed by atoms with E-state index >= 15 is 0 Å². The van der Waals surface area contributed by atoms with Crippen LogP contribution in [-0.4, -0.2) is 48.1 Å². The molecular weight excluding hydrogens is 518 g/mol. The predicted molar refractivity (Wildman–Crippen MR) is 164 cm³/mol. The molecule has 2 atom stereocenters. The monoisotopic (exact) mass is 567 g/mol. The van der Waals surface area contributed by atoms with E-state index in [-0.39, 0.29) is 17.7 Å². The molecule has 2 aromatic rings. The molecule has 2 N–H and O–H groups in total. The van der Waals surface area contributed by atoms with E-state index in [1.807, 2.05) is 45.0 Å². The van der Waals surface area contributed by atoms with Crippen molar-refractivity contribution < 1.29 is 23.9 Å². The van der Waals surface area contributed by atoms with Gasteiger partial charge in [-0.05, 0) is 75.4 Å². The number of aryl methyl sites for hydroxylation is 1. The van der Waals surface area contributed by atoms with Crippen LogP contribution >= 0.6 is 0 Å². The van der Waals surface area contributed by atoms with Crippen LogP contribution in [0.4, 0.5) is 10.5 Å². The molecule has 0 aromatic heterocycles. The van der Waals surface area contributed by atoms with Crippen LogP contribution in [0.5, 0.6) is 5.75 Å². The number of carbonyl (C=O) groups excluding carboxylic acids is 3. The third-order valence-corrected chi connectivity index (χ3v) is 6.79. The summed E-state index contributed by atoms with van der Waals surface area (Å²) in [4.78, 5) is 42.8. The molecule has 0 bridgehead atoms. The van der Waals surface area contributed by atoms with E-state index in [0.29, 0.717) is 18.0 Å². The molecule has 0 aliphatic rings. The van der Waals surface area contributed by atoms with Crippen molar-refractivity contribution in [3.05, 3.63) is 59.7 Å². The summed E-state index contributed by atoms with van der Waals surface area (Å²) in [6, 6.07) is 12.9. The van der Waals surface area contributed by atoms with E-state index in [1.165, 1.54) is 0 Å². The zero-order valence-corrected chi connectivity index (χ0v) is 26.1. The van der Waals surface area contributed by atoms with Crippen molar-refractivity contribution in [3.63, 3.8) is 0 Å². The van der Waals surface area contributed by atoms with Gasteiger partial charge in [-0.3, -0.25) is 9.59 Å². The topological polar surface area (TPSA) is 97.0 Å². The lowest BCUT2D eigenvalue weighted by Crippen LogP contribution is -2.54. The fourth-order valence-electron chi connectivity index (χ4n) is 4.61. The van der Waals surface area contributed by atoms with Gasteiger partial charge < -0.3 is 25.0 Å². The van der Waals surface area contributed by atoms with Gasteiger partial charge in [-0.25, -0.2) is 4.79 Å². The number of nitrogens with one attached hydrogen (secondary N) is 2. The van der Waals surface area contributed by atoms with E-state index in [9.17, 15) is 14.4 Å². The van der Waals surface area contributed by atoms with Crippen LogP contribution in [-0.2, 0) is 14.3 Å². The Bertz CT molecular complexity index is 1120. The number of nitrogens with zero attached hydrogens (tertiary/aromatic N) is 1. The highest BCUT2D eigenvalue weighted by Gasteiger charge is 2.37. The number of ether oxygens (including phenoxy) is 2. The van der Waals surface area contributed by atoms with E-state index in [4.69, 9.17) is 9.47 Å². The molecule has 2 aromatic carbocycles. The van der Waals surface area contributed by atoms with Gasteiger partial charge in [0, 0.05) is 12.2 Å². The predicted octanol–water partition coefficient (Wildman–Crippen LogP) is 7.03. The third kappa shape index (κ3) is 10.7. The van der Waals surface area contributed by atoms with Crippen molar-refractivity contribution in [2.24, 2.45) is 5.92 Å². The van der Waals surface area contributed by atoms with E-state index in [0.717, 1.165) is 43.2 Å². The first-order chi connectivity index (χ1) is 19.4. The van der Waals surface area contributed by atoms with Gasteiger partial charge in [0.15, 0.2) is 0 Å². The smallest absolute Gasteiger partial charge is 0.408 e. The van der Waals surface area contributed by atoms with Crippen LogP contribution in [0.1, 0.15) is 90.8 Å². The number of unbranched alkanes of at least 4 members (excludes halogenated alkanes) is 4. The second-order valence-corrected chi connectivity index (χ2v) is 11.8.